The first kappa shape index (κ1) is 49.8. The standard InChI is InChI=1S/C48H76O16P2/c1-11-51-65(49,52-12-2)59-41-27-33(17-21-39-31(7)37-19-15-29(5)35-23-25-45(9)57-43(55-39)47(35,37)63-61-45)34(28-42(41)60-66(50,53-13-3)54-14-4)18-22-40-32(8)38-20-16-30(6)36-24-26-46(10)58-44(56-40)48(36,38)64-62-46/h27-32,35-40,43-44H,11-26H2,1-10H3/t29-,30-,31-,32-,35?,36?,37?,38?,39-,40-,43-,44-,45-,46-,47-,48-/m1/s1. The maximum atomic E-state index is 14.1. The molecule has 10 fully saturated rings. The van der Waals surface area contributed by atoms with E-state index in [1.165, 1.54) is 0 Å². The van der Waals surface area contributed by atoms with Gasteiger partial charge in [0, 0.05) is 24.7 Å². The summed E-state index contributed by atoms with van der Waals surface area (Å²) in [6.45, 7) is 20.2. The van der Waals surface area contributed by atoms with Crippen molar-refractivity contribution in [2.75, 3.05) is 26.4 Å². The first-order valence-corrected chi connectivity index (χ1v) is 28.1. The summed E-state index contributed by atoms with van der Waals surface area (Å²) in [5.74, 6) is 0.292. The Hall–Kier alpha value is -1.20. The van der Waals surface area contributed by atoms with Gasteiger partial charge in [0.25, 0.3) is 0 Å². The number of fused-ring (bicyclic) bond motifs is 4. The summed E-state index contributed by atoms with van der Waals surface area (Å²) >= 11 is 0. The van der Waals surface area contributed by atoms with E-state index in [9.17, 15) is 9.13 Å². The lowest BCUT2D eigenvalue weighted by atomic mass is 9.57. The Morgan fingerprint density at radius 2 is 0.924 bits per heavy atom. The Balaban J connectivity index is 1.06. The zero-order valence-corrected chi connectivity index (χ0v) is 42.6. The van der Waals surface area contributed by atoms with Crippen molar-refractivity contribution >= 4 is 15.6 Å². The second kappa shape index (κ2) is 19.1. The number of benzene rings is 1. The van der Waals surface area contributed by atoms with E-state index < -0.39 is 51.0 Å². The Morgan fingerprint density at radius 3 is 1.29 bits per heavy atom. The summed E-state index contributed by atoms with van der Waals surface area (Å²) in [5, 5.41) is 0. The maximum absolute atomic E-state index is 14.1. The molecule has 4 unspecified atom stereocenters. The van der Waals surface area contributed by atoms with Crippen LogP contribution in [0.15, 0.2) is 12.1 Å². The van der Waals surface area contributed by atoms with Gasteiger partial charge in [-0.2, -0.15) is 0 Å². The van der Waals surface area contributed by atoms with Gasteiger partial charge in [0.2, 0.25) is 11.6 Å². The highest BCUT2D eigenvalue weighted by atomic mass is 31.2. The van der Waals surface area contributed by atoms with E-state index in [0.717, 1.165) is 62.5 Å². The Kier molecular flexibility index (Phi) is 14.4. The van der Waals surface area contributed by atoms with Gasteiger partial charge in [-0.05, 0) is 165 Å². The van der Waals surface area contributed by atoms with Gasteiger partial charge in [0.15, 0.2) is 35.3 Å². The zero-order chi connectivity index (χ0) is 46.9. The van der Waals surface area contributed by atoms with Crippen LogP contribution in [0.2, 0.25) is 0 Å². The smallest absolute Gasteiger partial charge is 0.400 e. The molecule has 10 aliphatic rings. The van der Waals surface area contributed by atoms with E-state index in [-0.39, 0.29) is 85.6 Å². The van der Waals surface area contributed by atoms with Crippen molar-refractivity contribution in [2.45, 2.75) is 194 Å². The van der Waals surface area contributed by atoms with Gasteiger partial charge >= 0.3 is 15.6 Å². The molecule has 11 rings (SSSR count). The van der Waals surface area contributed by atoms with Crippen LogP contribution in [-0.2, 0) is 78.6 Å². The van der Waals surface area contributed by atoms with E-state index in [1.807, 2.05) is 13.8 Å². The lowest BCUT2D eigenvalue weighted by molar-refractivity contribution is -0.571. The van der Waals surface area contributed by atoms with Crippen LogP contribution in [0.25, 0.3) is 0 Å². The number of aryl methyl sites for hydroxylation is 2. The molecule has 2 saturated carbocycles. The highest BCUT2D eigenvalue weighted by Gasteiger charge is 2.71. The van der Waals surface area contributed by atoms with Gasteiger partial charge in [-0.1, -0.05) is 27.7 Å². The van der Waals surface area contributed by atoms with Crippen LogP contribution >= 0.6 is 15.6 Å². The highest BCUT2D eigenvalue weighted by molar-refractivity contribution is 7.49. The lowest BCUT2D eigenvalue weighted by Crippen LogP contribution is -2.70. The number of phosphoric ester groups is 2. The van der Waals surface area contributed by atoms with Gasteiger partial charge in [-0.3, -0.25) is 18.1 Å². The highest BCUT2D eigenvalue weighted by Crippen LogP contribution is 2.63. The van der Waals surface area contributed by atoms with E-state index in [0.29, 0.717) is 37.5 Å². The third kappa shape index (κ3) is 8.83. The summed E-state index contributed by atoms with van der Waals surface area (Å²) in [4.78, 5) is 25.1. The van der Waals surface area contributed by atoms with Crippen LogP contribution in [0.3, 0.4) is 0 Å². The number of hydrogen-bond donors (Lipinski definition) is 0. The molecule has 4 bridgehead atoms. The van der Waals surface area contributed by atoms with E-state index >= 15 is 0 Å². The fraction of sp³-hybridized carbons (Fsp3) is 0.875. The monoisotopic (exact) mass is 970 g/mol. The van der Waals surface area contributed by atoms with Crippen LogP contribution in [-0.4, -0.2) is 74.0 Å². The van der Waals surface area contributed by atoms with E-state index in [2.05, 4.69) is 27.7 Å². The minimum absolute atomic E-state index is 0.0297. The fourth-order valence-corrected chi connectivity index (χ4v) is 15.9. The molecule has 0 amide bonds. The van der Waals surface area contributed by atoms with E-state index in [1.54, 1.807) is 39.8 Å². The first-order chi connectivity index (χ1) is 31.5. The topological polar surface area (TPSA) is 163 Å². The SMILES string of the molecule is CCOP(=O)(OCC)Oc1cc(CC[C@H]2O[C@@H]3O[C@@]4(C)CCC5[C@H](C)CCC([C@H]2C)[C@]53OO4)c(CC[C@H]2O[C@@H]3O[C@@]4(C)CCC5[C@H](C)CCC([C@H]2C)[C@]53OO4)cc1OP(=O)(OCC)OCC. The van der Waals surface area contributed by atoms with Crippen LogP contribution < -0.4 is 9.05 Å². The average molecular weight is 971 g/mol. The molecule has 0 N–H and O–H groups in total. The van der Waals surface area contributed by atoms with Crippen molar-refractivity contribution in [1.82, 2.24) is 0 Å². The first-order valence-electron chi connectivity index (χ1n) is 25.2. The minimum atomic E-state index is -4.17. The number of hydrogen-bond acceptors (Lipinski definition) is 16. The fourth-order valence-electron chi connectivity index (χ4n) is 13.5. The minimum Gasteiger partial charge on any atom is -0.400 e. The predicted octanol–water partition coefficient (Wildman–Crippen LogP) is 11.2. The second-order valence-corrected chi connectivity index (χ2v) is 24.0. The number of rotatable bonds is 18. The molecule has 18 heteroatoms. The summed E-state index contributed by atoms with van der Waals surface area (Å²) in [6, 6.07) is 3.61. The second-order valence-electron chi connectivity index (χ2n) is 20.8. The molecular formula is C48H76O16P2. The van der Waals surface area contributed by atoms with Gasteiger partial charge in [-0.15, -0.1) is 0 Å². The van der Waals surface area contributed by atoms with Crippen molar-refractivity contribution in [2.24, 2.45) is 47.3 Å². The molecule has 374 valence electrons. The predicted molar refractivity (Wildman–Crippen MR) is 240 cm³/mol. The van der Waals surface area contributed by atoms with Crippen molar-refractivity contribution in [3.63, 3.8) is 0 Å². The molecule has 16 nitrogen and oxygen atoms in total. The number of phosphoric acid groups is 2. The summed E-state index contributed by atoms with van der Waals surface area (Å²) in [6.07, 6.45) is 8.42. The summed E-state index contributed by atoms with van der Waals surface area (Å²) in [7, 11) is -8.34. The zero-order valence-electron chi connectivity index (χ0n) is 40.8. The van der Waals surface area contributed by atoms with Gasteiger partial charge in [0.05, 0.1) is 38.6 Å². The molecule has 1 aromatic rings. The Labute approximate surface area is 391 Å². The molecule has 2 aliphatic carbocycles. The van der Waals surface area contributed by atoms with Crippen molar-refractivity contribution < 1.29 is 74.8 Å². The molecule has 0 aromatic heterocycles. The van der Waals surface area contributed by atoms with Crippen LogP contribution in [0.4, 0.5) is 0 Å². The third-order valence-electron chi connectivity index (χ3n) is 16.8. The number of ether oxygens (including phenoxy) is 4. The van der Waals surface area contributed by atoms with Gasteiger partial charge in [-0.25, -0.2) is 28.7 Å². The summed E-state index contributed by atoms with van der Waals surface area (Å²) in [5.41, 5.74) is 0.455. The average Bonchev–Trinajstić information content (AvgIpc) is 3.64. The van der Waals surface area contributed by atoms with Gasteiger partial charge < -0.3 is 28.0 Å². The van der Waals surface area contributed by atoms with Crippen molar-refractivity contribution in [1.29, 1.82) is 0 Å². The van der Waals surface area contributed by atoms with Crippen LogP contribution in [0.1, 0.15) is 145 Å². The van der Waals surface area contributed by atoms with Crippen molar-refractivity contribution in [3.05, 3.63) is 23.3 Å². The molecule has 2 spiro atoms. The molecule has 8 saturated heterocycles. The lowest BCUT2D eigenvalue weighted by Gasteiger charge is -2.60. The Morgan fingerprint density at radius 1 is 0.545 bits per heavy atom. The van der Waals surface area contributed by atoms with Gasteiger partial charge in [0.1, 0.15) is 0 Å². The molecule has 16 atom stereocenters. The third-order valence-corrected chi connectivity index (χ3v) is 20.0. The largest absolute Gasteiger partial charge is 0.530 e. The quantitative estimate of drug-likeness (QED) is 0.101. The molecule has 66 heavy (non-hydrogen) atoms. The molecule has 1 aromatic carbocycles. The molecule has 8 aliphatic heterocycles. The summed E-state index contributed by atoms with van der Waals surface area (Å²) < 4.78 is 90.6. The van der Waals surface area contributed by atoms with Crippen LogP contribution in [0, 0.1) is 47.3 Å². The molecule has 0 radical (unpaired) electrons. The van der Waals surface area contributed by atoms with Crippen molar-refractivity contribution in [3.8, 4) is 11.5 Å². The van der Waals surface area contributed by atoms with Crippen LogP contribution in [0.5, 0.6) is 11.5 Å². The van der Waals surface area contributed by atoms with E-state index in [4.69, 9.17) is 65.6 Å². The Bertz CT molecular complexity index is 1830. The molecule has 8 heterocycles. The molecular weight excluding hydrogens is 894 g/mol. The normalized spacial score (nSPS) is 42.8. The maximum Gasteiger partial charge on any atom is 0.530 e.